The maximum atomic E-state index is 11.9. The predicted octanol–water partition coefficient (Wildman–Crippen LogP) is 2.16. The van der Waals surface area contributed by atoms with Gasteiger partial charge < -0.3 is 5.32 Å². The van der Waals surface area contributed by atoms with Gasteiger partial charge in [0.15, 0.2) is 0 Å². The number of hydrogen-bond donors (Lipinski definition) is 1. The highest BCUT2D eigenvalue weighted by atomic mass is 16.1. The summed E-state index contributed by atoms with van der Waals surface area (Å²) in [5, 5.41) is 2.81. The molecule has 1 aromatic heterocycles. The second kappa shape index (κ2) is 6.50. The third-order valence-corrected chi connectivity index (χ3v) is 2.71. The van der Waals surface area contributed by atoms with Crippen LogP contribution in [0.2, 0.25) is 0 Å². The Kier molecular flexibility index (Phi) is 4.46. The third-order valence-electron chi connectivity index (χ3n) is 2.71. The second-order valence-corrected chi connectivity index (χ2v) is 4.16. The Labute approximate surface area is 112 Å². The van der Waals surface area contributed by atoms with Crippen molar-refractivity contribution in [3.8, 4) is 12.3 Å². The number of carbonyl (C=O) groups is 1. The molecule has 0 saturated carbocycles. The Hall–Kier alpha value is -2.41. The fraction of sp³-hybridized carbons (Fsp3) is 0.267. The Morgan fingerprint density at radius 3 is 2.84 bits per heavy atom. The predicted molar refractivity (Wildman–Crippen MR) is 74.6 cm³/mol. The number of benzene rings is 1. The molecule has 0 spiro atoms. The van der Waals surface area contributed by atoms with E-state index < -0.39 is 0 Å². The van der Waals surface area contributed by atoms with Crippen LogP contribution in [0.25, 0.3) is 11.0 Å². The number of amides is 1. The van der Waals surface area contributed by atoms with Crippen LogP contribution in [0.3, 0.4) is 0 Å². The summed E-state index contributed by atoms with van der Waals surface area (Å²) in [7, 11) is 0. The average molecular weight is 253 g/mol. The van der Waals surface area contributed by atoms with E-state index in [4.69, 9.17) is 6.42 Å². The molecule has 1 amide bonds. The topological polar surface area (TPSA) is 54.9 Å². The summed E-state index contributed by atoms with van der Waals surface area (Å²) in [6.45, 7) is 0.606. The number of nitrogens with one attached hydrogen (secondary N) is 1. The van der Waals surface area contributed by atoms with Gasteiger partial charge in [0.05, 0.1) is 17.2 Å². The molecule has 0 saturated heterocycles. The molecule has 0 aliphatic carbocycles. The molecule has 0 unspecified atom stereocenters. The van der Waals surface area contributed by atoms with Gasteiger partial charge in [-0.2, -0.15) is 0 Å². The minimum atomic E-state index is -0.195. The van der Waals surface area contributed by atoms with Gasteiger partial charge >= 0.3 is 0 Å². The summed E-state index contributed by atoms with van der Waals surface area (Å²) < 4.78 is 0. The standard InChI is InChI=1S/C15H15N3O/c1-2-3-4-7-10-16-15(19)14-11-17-12-8-5-6-9-13(12)18-14/h1,5-6,8-9,11H,3-4,7,10H2,(H,16,19). The van der Waals surface area contributed by atoms with E-state index in [9.17, 15) is 4.79 Å². The fourth-order valence-electron chi connectivity index (χ4n) is 1.71. The first-order valence-electron chi connectivity index (χ1n) is 6.24. The zero-order chi connectivity index (χ0) is 13.5. The van der Waals surface area contributed by atoms with Gasteiger partial charge in [-0.3, -0.25) is 9.78 Å². The number of unbranched alkanes of at least 4 members (excludes halogenated alkanes) is 2. The maximum Gasteiger partial charge on any atom is 0.271 e. The van der Waals surface area contributed by atoms with E-state index in [1.165, 1.54) is 6.20 Å². The minimum absolute atomic E-state index is 0.195. The molecule has 0 fully saturated rings. The molecule has 0 aliphatic rings. The first-order chi connectivity index (χ1) is 9.31. The summed E-state index contributed by atoms with van der Waals surface area (Å²) in [4.78, 5) is 20.4. The van der Waals surface area contributed by atoms with E-state index >= 15 is 0 Å². The van der Waals surface area contributed by atoms with Crippen molar-refractivity contribution in [2.24, 2.45) is 0 Å². The van der Waals surface area contributed by atoms with Crippen molar-refractivity contribution < 1.29 is 4.79 Å². The van der Waals surface area contributed by atoms with E-state index in [-0.39, 0.29) is 5.91 Å². The molecule has 0 bridgehead atoms. The van der Waals surface area contributed by atoms with E-state index in [0.29, 0.717) is 12.2 Å². The molecule has 2 aromatic rings. The molecular weight excluding hydrogens is 238 g/mol. The van der Waals surface area contributed by atoms with Crippen molar-refractivity contribution in [2.75, 3.05) is 6.54 Å². The monoisotopic (exact) mass is 253 g/mol. The highest BCUT2D eigenvalue weighted by Crippen LogP contribution is 2.08. The van der Waals surface area contributed by atoms with E-state index in [1.807, 2.05) is 24.3 Å². The molecule has 4 heteroatoms. The van der Waals surface area contributed by atoms with Crippen molar-refractivity contribution in [2.45, 2.75) is 19.3 Å². The van der Waals surface area contributed by atoms with Gasteiger partial charge in [0.1, 0.15) is 5.69 Å². The molecule has 19 heavy (non-hydrogen) atoms. The van der Waals surface area contributed by atoms with E-state index in [2.05, 4.69) is 21.2 Å². The van der Waals surface area contributed by atoms with Gasteiger partial charge in [0, 0.05) is 13.0 Å². The molecule has 0 atom stereocenters. The number of para-hydroxylation sites is 2. The maximum absolute atomic E-state index is 11.9. The van der Waals surface area contributed by atoms with Gasteiger partial charge in [-0.1, -0.05) is 12.1 Å². The van der Waals surface area contributed by atoms with Crippen LogP contribution in [0, 0.1) is 12.3 Å². The van der Waals surface area contributed by atoms with Gasteiger partial charge in [0.25, 0.3) is 5.91 Å². The Bertz CT molecular complexity index is 616. The summed E-state index contributed by atoms with van der Waals surface area (Å²) in [5.41, 5.74) is 1.85. The number of fused-ring (bicyclic) bond motifs is 1. The van der Waals surface area contributed by atoms with Crippen LogP contribution in [-0.2, 0) is 0 Å². The Balaban J connectivity index is 1.96. The lowest BCUT2D eigenvalue weighted by Gasteiger charge is -2.04. The highest BCUT2D eigenvalue weighted by Gasteiger charge is 2.07. The lowest BCUT2D eigenvalue weighted by Crippen LogP contribution is -2.25. The lowest BCUT2D eigenvalue weighted by atomic mass is 10.2. The highest BCUT2D eigenvalue weighted by molar-refractivity contribution is 5.93. The van der Waals surface area contributed by atoms with Crippen LogP contribution in [0.1, 0.15) is 29.8 Å². The molecular formula is C15H15N3O. The van der Waals surface area contributed by atoms with Crippen LogP contribution in [0.4, 0.5) is 0 Å². The van der Waals surface area contributed by atoms with Crippen molar-refractivity contribution in [3.05, 3.63) is 36.2 Å². The van der Waals surface area contributed by atoms with Crippen LogP contribution in [0.15, 0.2) is 30.5 Å². The quantitative estimate of drug-likeness (QED) is 0.656. The van der Waals surface area contributed by atoms with Crippen molar-refractivity contribution in [1.82, 2.24) is 15.3 Å². The smallest absolute Gasteiger partial charge is 0.271 e. The van der Waals surface area contributed by atoms with E-state index in [0.717, 1.165) is 30.3 Å². The fourth-order valence-corrected chi connectivity index (χ4v) is 1.71. The zero-order valence-electron chi connectivity index (χ0n) is 10.6. The number of carbonyl (C=O) groups excluding carboxylic acids is 1. The molecule has 0 radical (unpaired) electrons. The Morgan fingerprint density at radius 1 is 1.26 bits per heavy atom. The molecule has 1 aromatic carbocycles. The zero-order valence-corrected chi connectivity index (χ0v) is 10.6. The van der Waals surface area contributed by atoms with Crippen molar-refractivity contribution >= 4 is 16.9 Å². The molecule has 4 nitrogen and oxygen atoms in total. The van der Waals surface area contributed by atoms with Gasteiger partial charge in [-0.25, -0.2) is 4.98 Å². The van der Waals surface area contributed by atoms with Crippen LogP contribution < -0.4 is 5.32 Å². The second-order valence-electron chi connectivity index (χ2n) is 4.16. The third kappa shape index (κ3) is 3.52. The van der Waals surface area contributed by atoms with Crippen LogP contribution in [0.5, 0.6) is 0 Å². The van der Waals surface area contributed by atoms with Gasteiger partial charge in [0.2, 0.25) is 0 Å². The minimum Gasteiger partial charge on any atom is -0.351 e. The van der Waals surface area contributed by atoms with Gasteiger partial charge in [-0.15, -0.1) is 12.3 Å². The molecule has 0 aliphatic heterocycles. The van der Waals surface area contributed by atoms with Crippen molar-refractivity contribution in [1.29, 1.82) is 0 Å². The van der Waals surface area contributed by atoms with Gasteiger partial charge in [-0.05, 0) is 25.0 Å². The number of nitrogens with zero attached hydrogens (tertiary/aromatic N) is 2. The van der Waals surface area contributed by atoms with Crippen LogP contribution >= 0.6 is 0 Å². The summed E-state index contributed by atoms with van der Waals surface area (Å²) >= 11 is 0. The van der Waals surface area contributed by atoms with Crippen molar-refractivity contribution in [3.63, 3.8) is 0 Å². The average Bonchev–Trinajstić information content (AvgIpc) is 2.46. The lowest BCUT2D eigenvalue weighted by molar-refractivity contribution is 0.0948. The summed E-state index contributed by atoms with van der Waals surface area (Å²) in [5.74, 6) is 2.38. The summed E-state index contributed by atoms with van der Waals surface area (Å²) in [6, 6.07) is 7.47. The first-order valence-corrected chi connectivity index (χ1v) is 6.24. The SMILES string of the molecule is C#CCCCCNC(=O)c1cnc2ccccc2n1. The van der Waals surface area contributed by atoms with E-state index in [1.54, 1.807) is 0 Å². The molecule has 1 N–H and O–H groups in total. The number of hydrogen-bond acceptors (Lipinski definition) is 3. The number of terminal acetylenes is 1. The molecule has 1 heterocycles. The summed E-state index contributed by atoms with van der Waals surface area (Å²) in [6.07, 6.45) is 9.19. The molecule has 2 rings (SSSR count). The molecule has 96 valence electrons. The largest absolute Gasteiger partial charge is 0.351 e. The first kappa shape index (κ1) is 13.0. The van der Waals surface area contributed by atoms with Crippen LogP contribution in [-0.4, -0.2) is 22.4 Å². The normalized spacial score (nSPS) is 10.1. The Morgan fingerprint density at radius 2 is 2.05 bits per heavy atom. The number of rotatable bonds is 5. The number of aromatic nitrogens is 2.